The van der Waals surface area contributed by atoms with Gasteiger partial charge in [0.1, 0.15) is 11.4 Å². The van der Waals surface area contributed by atoms with Gasteiger partial charge in [-0.2, -0.15) is 5.10 Å². The van der Waals surface area contributed by atoms with E-state index in [9.17, 15) is 0 Å². The van der Waals surface area contributed by atoms with Crippen molar-refractivity contribution in [3.63, 3.8) is 0 Å². The molecular formula is C26H19N5S2. The number of hydrogen-bond acceptors (Lipinski definition) is 7. The molecule has 2 aromatic carbocycles. The molecule has 0 fully saturated rings. The van der Waals surface area contributed by atoms with Crippen molar-refractivity contribution < 1.29 is 0 Å². The summed E-state index contributed by atoms with van der Waals surface area (Å²) in [5, 5.41) is 20.3. The maximum absolute atomic E-state index is 5.03. The number of nitrogens with zero attached hydrogens (tertiary/aromatic N) is 5. The van der Waals surface area contributed by atoms with Gasteiger partial charge in [0.2, 0.25) is 0 Å². The molecule has 1 aliphatic heterocycles. The Bertz CT molecular complexity index is 1380. The molecule has 4 heterocycles. The number of thiophene rings is 2. The van der Waals surface area contributed by atoms with Gasteiger partial charge in [-0.25, -0.2) is 9.99 Å². The van der Waals surface area contributed by atoms with Gasteiger partial charge in [-0.3, -0.25) is 0 Å². The van der Waals surface area contributed by atoms with E-state index in [-0.39, 0.29) is 6.04 Å². The minimum atomic E-state index is 0.0510. The molecule has 0 amide bonds. The number of hydrogen-bond donors (Lipinski definition) is 0. The van der Waals surface area contributed by atoms with Crippen molar-refractivity contribution >= 4 is 34.3 Å². The summed E-state index contributed by atoms with van der Waals surface area (Å²) in [6, 6.07) is 28.7. The van der Waals surface area contributed by atoms with E-state index in [2.05, 4.69) is 57.4 Å². The molecule has 0 saturated carbocycles. The van der Waals surface area contributed by atoms with Crippen LogP contribution < -0.4 is 5.01 Å². The molecule has 33 heavy (non-hydrogen) atoms. The summed E-state index contributed by atoms with van der Waals surface area (Å²) in [6.45, 7) is 0. The normalized spacial score (nSPS) is 15.6. The highest BCUT2D eigenvalue weighted by Crippen LogP contribution is 2.39. The molecule has 5 nitrogen and oxygen atoms in total. The SMILES string of the molecule is c1ccc(-c2nnc(N3N=C(c4cccs4)CC3c3cccs3)nc2-c2ccccc2)cc1. The van der Waals surface area contributed by atoms with E-state index in [4.69, 9.17) is 10.1 Å². The van der Waals surface area contributed by atoms with Crippen molar-refractivity contribution in [2.45, 2.75) is 12.5 Å². The first-order chi connectivity index (χ1) is 16.4. The third-order valence-electron chi connectivity index (χ3n) is 5.56. The Morgan fingerprint density at radius 3 is 2.06 bits per heavy atom. The molecule has 0 aliphatic carbocycles. The van der Waals surface area contributed by atoms with Crippen molar-refractivity contribution in [1.82, 2.24) is 15.2 Å². The van der Waals surface area contributed by atoms with E-state index in [1.807, 2.05) is 53.5 Å². The molecule has 1 atom stereocenters. The number of hydrazone groups is 1. The zero-order chi connectivity index (χ0) is 22.0. The van der Waals surface area contributed by atoms with Gasteiger partial charge in [-0.1, -0.05) is 72.8 Å². The van der Waals surface area contributed by atoms with Crippen LogP contribution in [0.2, 0.25) is 0 Å². The lowest BCUT2D eigenvalue weighted by atomic mass is 10.0. The lowest BCUT2D eigenvalue weighted by Gasteiger charge is -2.21. The quantitative estimate of drug-likeness (QED) is 0.290. The smallest absolute Gasteiger partial charge is 0.221 e. The van der Waals surface area contributed by atoms with Gasteiger partial charge in [0.25, 0.3) is 5.95 Å². The molecule has 1 unspecified atom stereocenters. The van der Waals surface area contributed by atoms with Gasteiger partial charge in [-0.05, 0) is 22.9 Å². The van der Waals surface area contributed by atoms with Gasteiger partial charge in [0.05, 0.1) is 16.6 Å². The maximum atomic E-state index is 5.03. The third kappa shape index (κ3) is 3.86. The highest BCUT2D eigenvalue weighted by Gasteiger charge is 2.33. The highest BCUT2D eigenvalue weighted by molar-refractivity contribution is 7.12. The van der Waals surface area contributed by atoms with Crippen LogP contribution in [-0.2, 0) is 0 Å². The third-order valence-corrected chi connectivity index (χ3v) is 7.45. The molecule has 3 aromatic heterocycles. The summed E-state index contributed by atoms with van der Waals surface area (Å²) in [4.78, 5) is 7.45. The molecule has 0 radical (unpaired) electrons. The second kappa shape index (κ2) is 8.69. The van der Waals surface area contributed by atoms with Crippen LogP contribution in [0.1, 0.15) is 22.2 Å². The summed E-state index contributed by atoms with van der Waals surface area (Å²) in [5.74, 6) is 0.512. The lowest BCUT2D eigenvalue weighted by Crippen LogP contribution is -2.21. The Morgan fingerprint density at radius 1 is 0.697 bits per heavy atom. The van der Waals surface area contributed by atoms with E-state index in [1.165, 1.54) is 9.75 Å². The molecule has 0 bridgehead atoms. The second-order valence-electron chi connectivity index (χ2n) is 7.64. The Hall–Kier alpha value is -3.68. The lowest BCUT2D eigenvalue weighted by molar-refractivity contribution is 0.689. The molecular weight excluding hydrogens is 446 g/mol. The summed E-state index contributed by atoms with van der Waals surface area (Å²) in [7, 11) is 0. The minimum absolute atomic E-state index is 0.0510. The molecule has 0 spiro atoms. The Balaban J connectivity index is 1.49. The van der Waals surface area contributed by atoms with Crippen LogP contribution in [0.15, 0.2) is 101 Å². The maximum Gasteiger partial charge on any atom is 0.267 e. The zero-order valence-electron chi connectivity index (χ0n) is 17.6. The molecule has 160 valence electrons. The molecule has 5 aromatic rings. The van der Waals surface area contributed by atoms with Gasteiger partial charge < -0.3 is 0 Å². The fourth-order valence-corrected chi connectivity index (χ4v) is 5.52. The average Bonchev–Trinajstić information content (AvgIpc) is 3.66. The van der Waals surface area contributed by atoms with Crippen LogP contribution >= 0.6 is 22.7 Å². The van der Waals surface area contributed by atoms with E-state index in [0.717, 1.165) is 34.6 Å². The fraction of sp³-hybridized carbons (Fsp3) is 0.0769. The first-order valence-electron chi connectivity index (χ1n) is 10.7. The van der Waals surface area contributed by atoms with Crippen LogP contribution in [-0.4, -0.2) is 20.9 Å². The summed E-state index contributed by atoms with van der Waals surface area (Å²) >= 11 is 3.44. The molecule has 6 rings (SSSR count). The van der Waals surface area contributed by atoms with E-state index >= 15 is 0 Å². The zero-order valence-corrected chi connectivity index (χ0v) is 19.2. The molecule has 0 saturated heterocycles. The standard InChI is InChI=1S/C26H19N5S2/c1-3-9-18(10-4-1)24-25(19-11-5-2-6-12-19)28-29-26(27-24)31-21(23-14-8-16-33-23)17-20(30-31)22-13-7-15-32-22/h1-16,21H,17H2. The van der Waals surface area contributed by atoms with Crippen molar-refractivity contribution in [3.8, 4) is 22.5 Å². The van der Waals surface area contributed by atoms with Crippen LogP contribution in [0, 0.1) is 0 Å². The number of anilines is 1. The van der Waals surface area contributed by atoms with E-state index in [0.29, 0.717) is 5.95 Å². The fourth-order valence-electron chi connectivity index (χ4n) is 3.99. The first kappa shape index (κ1) is 20.0. The number of benzene rings is 2. The summed E-state index contributed by atoms with van der Waals surface area (Å²) in [6.07, 6.45) is 0.811. The topological polar surface area (TPSA) is 54.3 Å². The molecule has 7 heteroatoms. The van der Waals surface area contributed by atoms with E-state index < -0.39 is 0 Å². The van der Waals surface area contributed by atoms with Crippen LogP contribution in [0.4, 0.5) is 5.95 Å². The molecule has 1 aliphatic rings. The Morgan fingerprint density at radius 2 is 1.39 bits per heavy atom. The van der Waals surface area contributed by atoms with Crippen LogP contribution in [0.5, 0.6) is 0 Å². The predicted molar refractivity (Wildman–Crippen MR) is 136 cm³/mol. The molecule has 0 N–H and O–H groups in total. The van der Waals surface area contributed by atoms with E-state index in [1.54, 1.807) is 22.7 Å². The van der Waals surface area contributed by atoms with Gasteiger partial charge >= 0.3 is 0 Å². The Labute approximate surface area is 199 Å². The van der Waals surface area contributed by atoms with Crippen molar-refractivity contribution in [1.29, 1.82) is 0 Å². The monoisotopic (exact) mass is 465 g/mol. The largest absolute Gasteiger partial charge is 0.267 e. The Kier molecular flexibility index (Phi) is 5.26. The second-order valence-corrected chi connectivity index (χ2v) is 9.57. The van der Waals surface area contributed by atoms with Gasteiger partial charge in [-0.15, -0.1) is 32.9 Å². The minimum Gasteiger partial charge on any atom is -0.221 e. The van der Waals surface area contributed by atoms with Crippen LogP contribution in [0.3, 0.4) is 0 Å². The predicted octanol–water partition coefficient (Wildman–Crippen LogP) is 6.68. The summed E-state index contributed by atoms with van der Waals surface area (Å²) < 4.78 is 0. The van der Waals surface area contributed by atoms with Crippen LogP contribution in [0.25, 0.3) is 22.5 Å². The summed E-state index contributed by atoms with van der Waals surface area (Å²) in [5.41, 5.74) is 4.61. The van der Waals surface area contributed by atoms with Gasteiger partial charge in [0, 0.05) is 22.4 Å². The average molecular weight is 466 g/mol. The van der Waals surface area contributed by atoms with Crippen molar-refractivity contribution in [3.05, 3.63) is 105 Å². The van der Waals surface area contributed by atoms with Crippen molar-refractivity contribution in [2.24, 2.45) is 5.10 Å². The highest BCUT2D eigenvalue weighted by atomic mass is 32.1. The van der Waals surface area contributed by atoms with Gasteiger partial charge in [0.15, 0.2) is 0 Å². The van der Waals surface area contributed by atoms with Crippen molar-refractivity contribution in [2.75, 3.05) is 5.01 Å². The number of rotatable bonds is 5. The first-order valence-corrected chi connectivity index (χ1v) is 12.4. The number of aromatic nitrogens is 3.